The number of nitrogens with zero attached hydrogens (tertiary/aromatic N) is 1. The van der Waals surface area contributed by atoms with Crippen LogP contribution >= 0.6 is 15.9 Å². The predicted octanol–water partition coefficient (Wildman–Crippen LogP) is 3.62. The first-order valence-corrected chi connectivity index (χ1v) is 9.11. The lowest BCUT2D eigenvalue weighted by atomic mass is 9.63. The van der Waals surface area contributed by atoms with E-state index in [1.54, 1.807) is 0 Å². The molecule has 0 radical (unpaired) electrons. The summed E-state index contributed by atoms with van der Waals surface area (Å²) in [5.74, 6) is 1.67. The van der Waals surface area contributed by atoms with Crippen molar-refractivity contribution >= 4 is 33.4 Å². The molecule has 4 aliphatic carbocycles. The Balaban J connectivity index is 1.59. The minimum atomic E-state index is -0.120. The Bertz CT molecular complexity index is 740. The van der Waals surface area contributed by atoms with Gasteiger partial charge in [-0.25, -0.2) is 4.90 Å². The van der Waals surface area contributed by atoms with Crippen LogP contribution in [-0.2, 0) is 9.59 Å². The zero-order valence-corrected chi connectivity index (χ0v) is 14.7. The first kappa shape index (κ1) is 14.0. The fraction of sp³-hybridized carbons (Fsp3) is 0.474. The first-order valence-electron chi connectivity index (χ1n) is 8.32. The molecule has 2 saturated carbocycles. The molecule has 1 saturated heterocycles. The average Bonchev–Trinajstić information content (AvgIpc) is 3.29. The molecule has 6 atom stereocenters. The molecule has 0 N–H and O–H groups in total. The third-order valence-corrected chi connectivity index (χ3v) is 7.59. The highest BCUT2D eigenvalue weighted by molar-refractivity contribution is 9.10. The Morgan fingerprint density at radius 2 is 1.43 bits per heavy atom. The van der Waals surface area contributed by atoms with Gasteiger partial charge < -0.3 is 0 Å². The van der Waals surface area contributed by atoms with Crippen molar-refractivity contribution in [2.75, 3.05) is 4.90 Å². The minimum absolute atomic E-state index is 0.0193. The molecule has 23 heavy (non-hydrogen) atoms. The van der Waals surface area contributed by atoms with Crippen LogP contribution in [-0.4, -0.2) is 11.8 Å². The smallest absolute Gasteiger partial charge is 0.238 e. The summed E-state index contributed by atoms with van der Waals surface area (Å²) in [6, 6.07) is 3.89. The number of hydrogen-bond acceptors (Lipinski definition) is 2. The molecule has 2 bridgehead atoms. The van der Waals surface area contributed by atoms with Gasteiger partial charge >= 0.3 is 0 Å². The van der Waals surface area contributed by atoms with Gasteiger partial charge in [-0.1, -0.05) is 28.1 Å². The normalized spacial score (nSPS) is 39.7. The summed E-state index contributed by atoms with van der Waals surface area (Å²) in [6.07, 6.45) is 5.63. The number of halogens is 1. The second kappa shape index (κ2) is 4.35. The van der Waals surface area contributed by atoms with E-state index in [1.807, 2.05) is 26.0 Å². The van der Waals surface area contributed by atoms with Crippen LogP contribution in [0.3, 0.4) is 0 Å². The molecule has 118 valence electrons. The molecule has 5 aliphatic rings. The summed E-state index contributed by atoms with van der Waals surface area (Å²) in [7, 11) is 0. The third kappa shape index (κ3) is 1.65. The molecule has 1 aromatic rings. The number of hydrogen-bond donors (Lipinski definition) is 0. The minimum Gasteiger partial charge on any atom is -0.274 e. The van der Waals surface area contributed by atoms with Gasteiger partial charge in [-0.3, -0.25) is 9.59 Å². The molecule has 2 amide bonds. The van der Waals surface area contributed by atoms with Crippen LogP contribution in [0.4, 0.5) is 5.69 Å². The lowest BCUT2D eigenvalue weighted by Crippen LogP contribution is -2.40. The number of anilines is 1. The Morgan fingerprint density at radius 3 is 1.91 bits per heavy atom. The zero-order valence-electron chi connectivity index (χ0n) is 13.1. The van der Waals surface area contributed by atoms with Gasteiger partial charge in [-0.05, 0) is 67.2 Å². The van der Waals surface area contributed by atoms with Crippen LogP contribution in [0.1, 0.15) is 17.5 Å². The van der Waals surface area contributed by atoms with Crippen LogP contribution in [0.25, 0.3) is 0 Å². The van der Waals surface area contributed by atoms with Crippen molar-refractivity contribution in [2.45, 2.75) is 20.3 Å². The van der Waals surface area contributed by atoms with E-state index in [4.69, 9.17) is 0 Å². The summed E-state index contributed by atoms with van der Waals surface area (Å²) in [5.41, 5.74) is 2.85. The van der Waals surface area contributed by atoms with Crippen molar-refractivity contribution in [1.82, 2.24) is 0 Å². The van der Waals surface area contributed by atoms with Crippen molar-refractivity contribution in [2.24, 2.45) is 35.5 Å². The molecule has 4 heteroatoms. The van der Waals surface area contributed by atoms with E-state index in [-0.39, 0.29) is 35.5 Å². The first-order chi connectivity index (χ1) is 11.0. The van der Waals surface area contributed by atoms with Crippen molar-refractivity contribution < 1.29 is 9.59 Å². The topological polar surface area (TPSA) is 37.4 Å². The van der Waals surface area contributed by atoms with Crippen LogP contribution in [0.5, 0.6) is 0 Å². The highest BCUT2D eigenvalue weighted by Gasteiger charge is 2.67. The standard InChI is InChI=1S/C19H18BrNO2/c1-8-5-10(6-9(2)17(8)20)21-18(22)15-11-3-4-12(14-7-13(11)14)16(15)19(21)23/h3-6,11-16H,7H2,1-2H3. The van der Waals surface area contributed by atoms with E-state index in [1.165, 1.54) is 11.3 Å². The summed E-state index contributed by atoms with van der Waals surface area (Å²) >= 11 is 3.56. The van der Waals surface area contributed by atoms with Crippen LogP contribution in [0.2, 0.25) is 0 Å². The zero-order chi connectivity index (χ0) is 16.0. The average molecular weight is 372 g/mol. The van der Waals surface area contributed by atoms with Gasteiger partial charge in [0.05, 0.1) is 17.5 Å². The Kier molecular flexibility index (Phi) is 2.64. The third-order valence-electron chi connectivity index (χ3n) is 6.34. The van der Waals surface area contributed by atoms with E-state index in [0.717, 1.165) is 21.3 Å². The molecule has 3 fully saturated rings. The number of aryl methyl sites for hydroxylation is 2. The van der Waals surface area contributed by atoms with E-state index >= 15 is 0 Å². The summed E-state index contributed by atoms with van der Waals surface area (Å²) < 4.78 is 1.04. The molecule has 1 aromatic carbocycles. The molecular formula is C19H18BrNO2. The highest BCUT2D eigenvalue weighted by atomic mass is 79.9. The lowest BCUT2D eigenvalue weighted by Gasteiger charge is -2.37. The predicted molar refractivity (Wildman–Crippen MR) is 90.8 cm³/mol. The molecular weight excluding hydrogens is 354 g/mol. The van der Waals surface area contributed by atoms with Gasteiger partial charge in [0, 0.05) is 4.47 Å². The maximum absolute atomic E-state index is 13.1. The maximum Gasteiger partial charge on any atom is 0.238 e. The van der Waals surface area contributed by atoms with Crippen LogP contribution in [0, 0.1) is 49.4 Å². The summed E-state index contributed by atoms with van der Waals surface area (Å²) in [5, 5.41) is 0. The Hall–Kier alpha value is -1.42. The van der Waals surface area contributed by atoms with Gasteiger partial charge in [0.25, 0.3) is 0 Å². The Morgan fingerprint density at radius 1 is 0.957 bits per heavy atom. The number of allylic oxidation sites excluding steroid dienone is 2. The van der Waals surface area contributed by atoms with Crippen LogP contribution < -0.4 is 4.90 Å². The highest BCUT2D eigenvalue weighted by Crippen LogP contribution is 2.65. The number of carbonyl (C=O) groups excluding carboxylic acids is 2. The molecule has 0 spiro atoms. The van der Waals surface area contributed by atoms with E-state index < -0.39 is 0 Å². The second-order valence-electron chi connectivity index (χ2n) is 7.56. The van der Waals surface area contributed by atoms with Gasteiger partial charge in [-0.15, -0.1) is 0 Å². The fourth-order valence-electron chi connectivity index (χ4n) is 5.26. The van der Waals surface area contributed by atoms with Gasteiger partial charge in [0.1, 0.15) is 0 Å². The second-order valence-corrected chi connectivity index (χ2v) is 8.35. The summed E-state index contributed by atoms with van der Waals surface area (Å²) in [6.45, 7) is 4.00. The van der Waals surface area contributed by atoms with Gasteiger partial charge in [0.2, 0.25) is 11.8 Å². The quantitative estimate of drug-likeness (QED) is 0.558. The van der Waals surface area contributed by atoms with Crippen molar-refractivity contribution in [3.8, 4) is 0 Å². The Labute approximate surface area is 143 Å². The molecule has 0 aromatic heterocycles. The molecule has 6 rings (SSSR count). The monoisotopic (exact) mass is 371 g/mol. The van der Waals surface area contributed by atoms with Crippen molar-refractivity contribution in [1.29, 1.82) is 0 Å². The SMILES string of the molecule is Cc1cc(N2C(=O)C3C4C=CC(C5CC45)C3C2=O)cc(C)c1Br. The van der Waals surface area contributed by atoms with E-state index in [9.17, 15) is 9.59 Å². The maximum atomic E-state index is 13.1. The van der Waals surface area contributed by atoms with Gasteiger partial charge in [-0.2, -0.15) is 0 Å². The number of carbonyl (C=O) groups is 2. The van der Waals surface area contributed by atoms with Crippen molar-refractivity contribution in [3.63, 3.8) is 0 Å². The van der Waals surface area contributed by atoms with E-state index in [2.05, 4.69) is 28.1 Å². The number of benzene rings is 1. The lowest BCUT2D eigenvalue weighted by molar-refractivity contribution is -0.124. The van der Waals surface area contributed by atoms with Gasteiger partial charge in [0.15, 0.2) is 0 Å². The number of amides is 2. The largest absolute Gasteiger partial charge is 0.274 e. The molecule has 3 nitrogen and oxygen atoms in total. The van der Waals surface area contributed by atoms with Crippen LogP contribution in [0.15, 0.2) is 28.8 Å². The summed E-state index contributed by atoms with van der Waals surface area (Å²) in [4.78, 5) is 27.6. The van der Waals surface area contributed by atoms with E-state index in [0.29, 0.717) is 11.8 Å². The number of imide groups is 1. The molecule has 1 aliphatic heterocycles. The number of rotatable bonds is 1. The van der Waals surface area contributed by atoms with Crippen molar-refractivity contribution in [3.05, 3.63) is 39.9 Å². The molecule has 1 heterocycles. The fourth-order valence-corrected chi connectivity index (χ4v) is 5.49. The molecule has 6 unspecified atom stereocenters.